The van der Waals surface area contributed by atoms with E-state index in [0.717, 1.165) is 4.31 Å². The maximum Gasteiger partial charge on any atom is 0.264 e. The molecular weight excluding hydrogens is 467 g/mol. The molecule has 1 unspecified atom stereocenters. The molecule has 0 aliphatic carbocycles. The van der Waals surface area contributed by atoms with Crippen molar-refractivity contribution in [3.05, 3.63) is 57.5 Å². The molecule has 0 aliphatic heterocycles. The van der Waals surface area contributed by atoms with Gasteiger partial charge < -0.3 is 0 Å². The van der Waals surface area contributed by atoms with Gasteiger partial charge in [0.25, 0.3) is 10.0 Å². The van der Waals surface area contributed by atoms with Crippen LogP contribution in [0.5, 0.6) is 0 Å². The Balaban J connectivity index is 2.49. The van der Waals surface area contributed by atoms with Gasteiger partial charge in [-0.2, -0.15) is 0 Å². The Morgan fingerprint density at radius 2 is 1.54 bits per heavy atom. The lowest BCUT2D eigenvalue weighted by atomic mass is 10.2. The highest BCUT2D eigenvalue weighted by Crippen LogP contribution is 2.35. The highest BCUT2D eigenvalue weighted by atomic mass is 35.5. The molecule has 0 radical (unpaired) electrons. The minimum absolute atomic E-state index is 0.0197. The van der Waals surface area contributed by atoms with Gasteiger partial charge in [0.15, 0.2) is 0 Å². The van der Waals surface area contributed by atoms with Gasteiger partial charge in [-0.05, 0) is 62.2 Å². The molecule has 154 valence electrons. The molecule has 11 heteroatoms. The summed E-state index contributed by atoms with van der Waals surface area (Å²) in [5.74, 6) is -0.255. The van der Waals surface area contributed by atoms with Crippen LogP contribution in [0.3, 0.4) is 0 Å². The van der Waals surface area contributed by atoms with Crippen molar-refractivity contribution >= 4 is 60.5 Å². The van der Waals surface area contributed by atoms with Crippen molar-refractivity contribution < 1.29 is 16.8 Å². The lowest BCUT2D eigenvalue weighted by molar-refractivity contribution is 0.566. The number of hydrogen-bond acceptors (Lipinski definition) is 4. The normalized spacial score (nSPS) is 13.3. The van der Waals surface area contributed by atoms with Gasteiger partial charge in [-0.25, -0.2) is 22.0 Å². The minimum atomic E-state index is -4.02. The van der Waals surface area contributed by atoms with Gasteiger partial charge in [-0.1, -0.05) is 34.8 Å². The first-order chi connectivity index (χ1) is 12.9. The van der Waals surface area contributed by atoms with Crippen LogP contribution in [0.15, 0.2) is 47.4 Å². The average molecular weight is 486 g/mol. The maximum absolute atomic E-state index is 13.3. The Bertz CT molecular complexity index is 1040. The van der Waals surface area contributed by atoms with E-state index >= 15 is 0 Å². The van der Waals surface area contributed by atoms with Gasteiger partial charge in [0.05, 0.1) is 21.4 Å². The fraction of sp³-hybridized carbons (Fsp3) is 0.294. The number of sulfonamides is 2. The van der Waals surface area contributed by atoms with E-state index in [0.29, 0.717) is 10.0 Å². The second kappa shape index (κ2) is 9.19. The van der Waals surface area contributed by atoms with E-state index in [1.165, 1.54) is 36.4 Å². The summed E-state index contributed by atoms with van der Waals surface area (Å²) in [6, 6.07) is 9.61. The van der Waals surface area contributed by atoms with Gasteiger partial charge in [-0.3, -0.25) is 4.31 Å². The van der Waals surface area contributed by atoms with Crippen molar-refractivity contribution in [1.29, 1.82) is 0 Å². The number of halogens is 3. The zero-order valence-electron chi connectivity index (χ0n) is 14.8. The van der Waals surface area contributed by atoms with Gasteiger partial charge >= 0.3 is 0 Å². The van der Waals surface area contributed by atoms with Crippen molar-refractivity contribution in [1.82, 2.24) is 0 Å². The molecule has 2 aromatic carbocycles. The van der Waals surface area contributed by atoms with E-state index < -0.39 is 26.1 Å². The number of nitrogens with zero attached hydrogens (tertiary/aromatic N) is 1. The monoisotopic (exact) mass is 484 g/mol. The summed E-state index contributed by atoms with van der Waals surface area (Å²) in [6.07, 6.45) is 0.427. The van der Waals surface area contributed by atoms with E-state index in [1.54, 1.807) is 13.0 Å². The summed E-state index contributed by atoms with van der Waals surface area (Å²) in [4.78, 5) is 0.0197. The van der Waals surface area contributed by atoms with Crippen LogP contribution in [0.2, 0.25) is 15.1 Å². The third-order valence-corrected chi connectivity index (χ3v) is 7.57. The molecule has 6 nitrogen and oxygen atoms in total. The number of nitrogens with two attached hydrogens (primary N) is 1. The molecule has 2 N–H and O–H groups in total. The quantitative estimate of drug-likeness (QED) is 0.603. The molecule has 0 spiro atoms. The predicted molar refractivity (Wildman–Crippen MR) is 114 cm³/mol. The van der Waals surface area contributed by atoms with E-state index in [9.17, 15) is 16.8 Å². The van der Waals surface area contributed by atoms with Crippen LogP contribution >= 0.6 is 34.8 Å². The molecule has 2 aromatic rings. The van der Waals surface area contributed by atoms with E-state index in [-0.39, 0.29) is 34.2 Å². The maximum atomic E-state index is 13.3. The molecular formula is C17H19Cl3N2O4S2. The molecule has 0 bridgehead atoms. The molecule has 0 saturated carbocycles. The fourth-order valence-corrected chi connectivity index (χ4v) is 5.49. The van der Waals surface area contributed by atoms with Crippen molar-refractivity contribution in [3.8, 4) is 0 Å². The summed E-state index contributed by atoms with van der Waals surface area (Å²) in [6.45, 7) is 1.66. The van der Waals surface area contributed by atoms with Crippen LogP contribution in [-0.4, -0.2) is 28.6 Å². The minimum Gasteiger partial charge on any atom is -0.262 e. The lowest BCUT2D eigenvalue weighted by Crippen LogP contribution is -2.39. The first-order valence-electron chi connectivity index (χ1n) is 8.17. The van der Waals surface area contributed by atoms with E-state index in [4.69, 9.17) is 39.9 Å². The molecule has 2 rings (SSSR count). The summed E-state index contributed by atoms with van der Waals surface area (Å²) in [7, 11) is -7.67. The first-order valence-corrected chi connectivity index (χ1v) is 12.5. The Morgan fingerprint density at radius 3 is 2.11 bits per heavy atom. The first kappa shape index (κ1) is 23.3. The van der Waals surface area contributed by atoms with Gasteiger partial charge in [0.1, 0.15) is 0 Å². The third kappa shape index (κ3) is 5.98. The third-order valence-electron chi connectivity index (χ3n) is 3.97. The van der Waals surface area contributed by atoms with Crippen LogP contribution in [0.4, 0.5) is 5.69 Å². The van der Waals surface area contributed by atoms with Crippen molar-refractivity contribution in [2.24, 2.45) is 5.14 Å². The highest BCUT2D eigenvalue weighted by molar-refractivity contribution is 7.92. The fourth-order valence-electron chi connectivity index (χ4n) is 2.68. The number of primary sulfonamides is 1. The number of benzene rings is 2. The van der Waals surface area contributed by atoms with Crippen LogP contribution < -0.4 is 9.44 Å². The molecule has 0 heterocycles. The van der Waals surface area contributed by atoms with E-state index in [2.05, 4.69) is 0 Å². The Kier molecular flexibility index (Phi) is 7.63. The molecule has 0 aromatic heterocycles. The standard InChI is InChI=1S/C17H19Cl3N2O4S2/c1-12(3-2-10-27(21,23)24)22(17-11-14(19)6-9-16(17)20)28(25,26)15-7-4-13(18)5-8-15/h4-9,11-12H,2-3,10H2,1H3,(H2,21,23,24). The van der Waals surface area contributed by atoms with Crippen molar-refractivity contribution in [3.63, 3.8) is 0 Å². The summed E-state index contributed by atoms with van der Waals surface area (Å²) in [5.41, 5.74) is 0.201. The van der Waals surface area contributed by atoms with Crippen LogP contribution in [0, 0.1) is 0 Å². The highest BCUT2D eigenvalue weighted by Gasteiger charge is 2.31. The second-order valence-electron chi connectivity index (χ2n) is 6.21. The Morgan fingerprint density at radius 1 is 0.964 bits per heavy atom. The molecule has 0 aliphatic rings. The molecule has 0 saturated heterocycles. The van der Waals surface area contributed by atoms with Crippen LogP contribution in [0.25, 0.3) is 0 Å². The van der Waals surface area contributed by atoms with Gasteiger partial charge in [-0.15, -0.1) is 0 Å². The average Bonchev–Trinajstić information content (AvgIpc) is 2.57. The van der Waals surface area contributed by atoms with E-state index in [1.807, 2.05) is 0 Å². The topological polar surface area (TPSA) is 97.5 Å². The van der Waals surface area contributed by atoms with Crippen LogP contribution in [0.1, 0.15) is 19.8 Å². The Hall–Kier alpha value is -1.03. The summed E-state index contributed by atoms with van der Waals surface area (Å²) < 4.78 is 50.2. The number of anilines is 1. The SMILES string of the molecule is CC(CCCS(N)(=O)=O)N(c1cc(Cl)ccc1Cl)S(=O)(=O)c1ccc(Cl)cc1. The second-order valence-corrected chi connectivity index (χ2v) is 11.0. The number of hydrogen-bond donors (Lipinski definition) is 1. The van der Waals surface area contributed by atoms with Gasteiger partial charge in [0.2, 0.25) is 10.0 Å². The summed E-state index contributed by atoms with van der Waals surface area (Å²) >= 11 is 18.2. The molecule has 28 heavy (non-hydrogen) atoms. The van der Waals surface area contributed by atoms with Crippen LogP contribution in [-0.2, 0) is 20.0 Å². The smallest absolute Gasteiger partial charge is 0.262 e. The van der Waals surface area contributed by atoms with Crippen molar-refractivity contribution in [2.45, 2.75) is 30.7 Å². The van der Waals surface area contributed by atoms with Gasteiger partial charge in [0, 0.05) is 16.1 Å². The molecule has 1 atom stereocenters. The predicted octanol–water partition coefficient (Wildman–Crippen LogP) is 4.30. The largest absolute Gasteiger partial charge is 0.264 e. The zero-order valence-corrected chi connectivity index (χ0v) is 18.7. The molecule has 0 amide bonds. The zero-order chi connectivity index (χ0) is 21.1. The number of rotatable bonds is 8. The van der Waals surface area contributed by atoms with Crippen molar-refractivity contribution in [2.75, 3.05) is 10.1 Å². The Labute approximate surface area is 180 Å². The lowest BCUT2D eigenvalue weighted by Gasteiger charge is -2.31. The molecule has 0 fully saturated rings. The summed E-state index contributed by atoms with van der Waals surface area (Å²) in [5, 5.41) is 5.94.